The van der Waals surface area contributed by atoms with E-state index in [0.717, 1.165) is 31.2 Å². The number of hydrogen-bond donors (Lipinski definition) is 1. The lowest BCUT2D eigenvalue weighted by molar-refractivity contribution is -0.384. The number of methoxy groups -OCH3 is 1. The Morgan fingerprint density at radius 3 is 2.37 bits per heavy atom. The van der Waals surface area contributed by atoms with Crippen LogP contribution in [-0.2, 0) is 10.3 Å². The van der Waals surface area contributed by atoms with Gasteiger partial charge in [0.1, 0.15) is 0 Å². The number of alkyl carbamates (subject to hydrolysis) is 1. The summed E-state index contributed by atoms with van der Waals surface area (Å²) in [6.07, 6.45) is 3.20. The van der Waals surface area contributed by atoms with Gasteiger partial charge in [0.15, 0.2) is 0 Å². The summed E-state index contributed by atoms with van der Waals surface area (Å²) in [5.74, 6) is 0. The van der Waals surface area contributed by atoms with Gasteiger partial charge in [-0.25, -0.2) is 4.79 Å². The van der Waals surface area contributed by atoms with Crippen LogP contribution in [0.15, 0.2) is 24.3 Å². The third kappa shape index (κ3) is 2.67. The lowest BCUT2D eigenvalue weighted by atomic mass is 9.88. The van der Waals surface area contributed by atoms with Gasteiger partial charge in [0.05, 0.1) is 17.6 Å². The summed E-state index contributed by atoms with van der Waals surface area (Å²) in [5.41, 5.74) is 0.485. The van der Waals surface area contributed by atoms with Crippen molar-refractivity contribution < 1.29 is 14.5 Å². The predicted molar refractivity (Wildman–Crippen MR) is 68.8 cm³/mol. The molecule has 0 aromatic heterocycles. The first-order valence-electron chi connectivity index (χ1n) is 6.18. The molecule has 19 heavy (non-hydrogen) atoms. The third-order valence-electron chi connectivity index (χ3n) is 3.61. The molecular formula is C13H16N2O4. The van der Waals surface area contributed by atoms with Crippen molar-refractivity contribution in [1.82, 2.24) is 5.32 Å². The van der Waals surface area contributed by atoms with Gasteiger partial charge in [-0.2, -0.15) is 0 Å². The number of nitrogens with one attached hydrogen (secondary N) is 1. The van der Waals surface area contributed by atoms with Gasteiger partial charge in [-0.1, -0.05) is 12.8 Å². The van der Waals surface area contributed by atoms with E-state index in [1.165, 1.54) is 19.2 Å². The van der Waals surface area contributed by atoms with Crippen molar-refractivity contribution in [1.29, 1.82) is 0 Å². The zero-order chi connectivity index (χ0) is 13.9. The van der Waals surface area contributed by atoms with Gasteiger partial charge in [-0.15, -0.1) is 0 Å². The number of carbonyl (C=O) groups is 1. The number of hydrogen-bond acceptors (Lipinski definition) is 4. The highest BCUT2D eigenvalue weighted by atomic mass is 16.6. The number of nitrogens with zero attached hydrogens (tertiary/aromatic N) is 1. The lowest BCUT2D eigenvalue weighted by Crippen LogP contribution is -2.43. The zero-order valence-electron chi connectivity index (χ0n) is 10.7. The monoisotopic (exact) mass is 264 g/mol. The van der Waals surface area contributed by atoms with Gasteiger partial charge in [0.25, 0.3) is 5.69 Å². The molecule has 1 aromatic rings. The molecule has 0 radical (unpaired) electrons. The molecule has 0 spiro atoms. The van der Waals surface area contributed by atoms with E-state index < -0.39 is 16.6 Å². The van der Waals surface area contributed by atoms with E-state index >= 15 is 0 Å². The van der Waals surface area contributed by atoms with Crippen LogP contribution >= 0.6 is 0 Å². The molecule has 6 heteroatoms. The molecule has 1 amide bonds. The van der Waals surface area contributed by atoms with Crippen LogP contribution in [0.3, 0.4) is 0 Å². The van der Waals surface area contributed by atoms with E-state index in [-0.39, 0.29) is 5.69 Å². The molecule has 102 valence electrons. The molecule has 6 nitrogen and oxygen atoms in total. The molecule has 1 aliphatic carbocycles. The van der Waals surface area contributed by atoms with Crippen molar-refractivity contribution in [3.63, 3.8) is 0 Å². The first kappa shape index (κ1) is 13.3. The summed E-state index contributed by atoms with van der Waals surface area (Å²) in [7, 11) is 1.33. The molecular weight excluding hydrogens is 248 g/mol. The van der Waals surface area contributed by atoms with Crippen molar-refractivity contribution in [2.75, 3.05) is 7.11 Å². The smallest absolute Gasteiger partial charge is 0.407 e. The highest BCUT2D eigenvalue weighted by molar-refractivity contribution is 5.68. The Morgan fingerprint density at radius 2 is 1.89 bits per heavy atom. The minimum absolute atomic E-state index is 0.0509. The topological polar surface area (TPSA) is 81.5 Å². The number of nitro groups is 1. The summed E-state index contributed by atoms with van der Waals surface area (Å²) in [6.45, 7) is 0. The van der Waals surface area contributed by atoms with E-state index in [1.54, 1.807) is 12.1 Å². The van der Waals surface area contributed by atoms with Gasteiger partial charge in [0, 0.05) is 12.1 Å². The number of rotatable bonds is 3. The van der Waals surface area contributed by atoms with Crippen LogP contribution in [0.2, 0.25) is 0 Å². The van der Waals surface area contributed by atoms with E-state index in [1.807, 2.05) is 0 Å². The number of non-ortho nitro benzene ring substituents is 1. The fraction of sp³-hybridized carbons (Fsp3) is 0.462. The first-order chi connectivity index (χ1) is 9.07. The van der Waals surface area contributed by atoms with Crippen LogP contribution in [0, 0.1) is 10.1 Å². The van der Waals surface area contributed by atoms with Crippen LogP contribution in [0.1, 0.15) is 31.2 Å². The number of ether oxygens (including phenoxy) is 1. The standard InChI is InChI=1S/C13H16N2O4/c1-19-12(16)14-13(8-2-3-9-13)10-4-6-11(7-5-10)15(17)18/h4-7H,2-3,8-9H2,1H3,(H,14,16). The molecule has 1 aliphatic rings. The molecule has 1 aromatic carbocycles. The predicted octanol–water partition coefficient (Wildman–Crippen LogP) is 2.72. The summed E-state index contributed by atoms with van der Waals surface area (Å²) in [6, 6.07) is 6.35. The van der Waals surface area contributed by atoms with Crippen molar-refractivity contribution in [3.8, 4) is 0 Å². The third-order valence-corrected chi connectivity index (χ3v) is 3.61. The van der Waals surface area contributed by atoms with Gasteiger partial charge in [0.2, 0.25) is 0 Å². The SMILES string of the molecule is COC(=O)NC1(c2ccc([N+](=O)[O-])cc2)CCCC1. The van der Waals surface area contributed by atoms with Crippen molar-refractivity contribution in [3.05, 3.63) is 39.9 Å². The Labute approximate surface area is 110 Å². The molecule has 1 N–H and O–H groups in total. The summed E-state index contributed by atoms with van der Waals surface area (Å²) >= 11 is 0. The number of benzene rings is 1. The second-order valence-electron chi connectivity index (χ2n) is 4.71. The molecule has 1 fully saturated rings. The summed E-state index contributed by atoms with van der Waals surface area (Å²) in [4.78, 5) is 21.7. The second kappa shape index (κ2) is 5.26. The lowest BCUT2D eigenvalue weighted by Gasteiger charge is -2.30. The van der Waals surface area contributed by atoms with Crippen LogP contribution < -0.4 is 5.32 Å². The van der Waals surface area contributed by atoms with Crippen LogP contribution in [0.25, 0.3) is 0 Å². The van der Waals surface area contributed by atoms with E-state index in [9.17, 15) is 14.9 Å². The maximum atomic E-state index is 11.5. The number of nitro benzene ring substituents is 1. The highest BCUT2D eigenvalue weighted by Crippen LogP contribution is 2.39. The molecule has 0 unspecified atom stereocenters. The van der Waals surface area contributed by atoms with E-state index in [2.05, 4.69) is 10.1 Å². The fourth-order valence-electron chi connectivity index (χ4n) is 2.61. The normalized spacial score (nSPS) is 16.9. The largest absolute Gasteiger partial charge is 0.453 e. The number of carbonyl (C=O) groups excluding carboxylic acids is 1. The molecule has 1 saturated carbocycles. The fourth-order valence-corrected chi connectivity index (χ4v) is 2.61. The molecule has 0 saturated heterocycles. The highest BCUT2D eigenvalue weighted by Gasteiger charge is 2.37. The Balaban J connectivity index is 2.28. The van der Waals surface area contributed by atoms with Crippen LogP contribution in [-0.4, -0.2) is 18.1 Å². The molecule has 0 aliphatic heterocycles. The van der Waals surface area contributed by atoms with Gasteiger partial charge < -0.3 is 10.1 Å². The number of amides is 1. The van der Waals surface area contributed by atoms with Gasteiger partial charge >= 0.3 is 6.09 Å². The van der Waals surface area contributed by atoms with Crippen molar-refractivity contribution in [2.24, 2.45) is 0 Å². The second-order valence-corrected chi connectivity index (χ2v) is 4.71. The van der Waals surface area contributed by atoms with Crippen molar-refractivity contribution in [2.45, 2.75) is 31.2 Å². The van der Waals surface area contributed by atoms with Gasteiger partial charge in [-0.05, 0) is 30.5 Å². The zero-order valence-corrected chi connectivity index (χ0v) is 10.7. The molecule has 0 atom stereocenters. The maximum absolute atomic E-state index is 11.5. The molecule has 2 rings (SSSR count). The maximum Gasteiger partial charge on any atom is 0.407 e. The van der Waals surface area contributed by atoms with Crippen LogP contribution in [0.5, 0.6) is 0 Å². The minimum Gasteiger partial charge on any atom is -0.453 e. The average Bonchev–Trinajstić information content (AvgIpc) is 2.88. The van der Waals surface area contributed by atoms with Crippen LogP contribution in [0.4, 0.5) is 10.5 Å². The minimum atomic E-state index is -0.472. The molecule has 0 bridgehead atoms. The first-order valence-corrected chi connectivity index (χ1v) is 6.18. The Morgan fingerprint density at radius 1 is 1.32 bits per heavy atom. The average molecular weight is 264 g/mol. The van der Waals surface area contributed by atoms with Crippen molar-refractivity contribution >= 4 is 11.8 Å². The Hall–Kier alpha value is -2.11. The van der Waals surface area contributed by atoms with E-state index in [4.69, 9.17) is 0 Å². The molecule has 0 heterocycles. The van der Waals surface area contributed by atoms with E-state index in [0.29, 0.717) is 0 Å². The van der Waals surface area contributed by atoms with Gasteiger partial charge in [-0.3, -0.25) is 10.1 Å². The quantitative estimate of drug-likeness (QED) is 0.672. The Bertz CT molecular complexity index is 478. The summed E-state index contributed by atoms with van der Waals surface area (Å²) < 4.78 is 4.66. The Kier molecular flexibility index (Phi) is 3.69. The summed E-state index contributed by atoms with van der Waals surface area (Å²) in [5, 5.41) is 13.5.